The van der Waals surface area contributed by atoms with Crippen molar-refractivity contribution in [2.75, 3.05) is 31.7 Å². The van der Waals surface area contributed by atoms with E-state index < -0.39 is 11.7 Å². The minimum Gasteiger partial charge on any atom is -0.486 e. The molecule has 2 aliphatic rings. The normalized spacial score (nSPS) is 14.6. The second kappa shape index (κ2) is 8.44. The monoisotopic (exact) mass is 414 g/mol. The minimum absolute atomic E-state index is 0.220. The Bertz CT molecular complexity index is 1030. The fourth-order valence-electron chi connectivity index (χ4n) is 3.38. The summed E-state index contributed by atoms with van der Waals surface area (Å²) in [5, 5.41) is 7.06. The van der Waals surface area contributed by atoms with Gasteiger partial charge in [-0.25, -0.2) is 9.48 Å². The van der Waals surface area contributed by atoms with E-state index in [1.54, 1.807) is 25.1 Å². The van der Waals surface area contributed by atoms with Gasteiger partial charge in [-0.05, 0) is 19.1 Å². The molecule has 0 aliphatic carbocycles. The number of amides is 2. The first-order valence-electron chi connectivity index (χ1n) is 9.74. The summed E-state index contributed by atoms with van der Waals surface area (Å²) in [4.78, 5) is 38.3. The van der Waals surface area contributed by atoms with Crippen LogP contribution in [0.3, 0.4) is 0 Å². The number of fused-ring (bicyclic) bond motifs is 2. The molecule has 3 heterocycles. The molecule has 0 unspecified atom stereocenters. The highest BCUT2D eigenvalue weighted by molar-refractivity contribution is 5.90. The molecule has 0 atom stereocenters. The van der Waals surface area contributed by atoms with Crippen molar-refractivity contribution < 1.29 is 23.8 Å². The molecular formula is C20H22N4O6. The van der Waals surface area contributed by atoms with Gasteiger partial charge in [0.1, 0.15) is 19.8 Å². The Hall–Kier alpha value is -3.56. The quantitative estimate of drug-likeness (QED) is 0.799. The first-order valence-corrected chi connectivity index (χ1v) is 9.74. The fourth-order valence-corrected chi connectivity index (χ4v) is 3.38. The van der Waals surface area contributed by atoms with Crippen LogP contribution >= 0.6 is 0 Å². The lowest BCUT2D eigenvalue weighted by Gasteiger charge is -2.27. The van der Waals surface area contributed by atoms with Crippen molar-refractivity contribution in [1.82, 2.24) is 14.7 Å². The fraction of sp³-hybridized carbons (Fsp3) is 0.400. The molecule has 10 heteroatoms. The predicted molar refractivity (Wildman–Crippen MR) is 106 cm³/mol. The molecule has 158 valence electrons. The number of benzene rings is 1. The van der Waals surface area contributed by atoms with Crippen LogP contribution in [0.25, 0.3) is 0 Å². The van der Waals surface area contributed by atoms with Gasteiger partial charge in [0.15, 0.2) is 11.5 Å². The van der Waals surface area contributed by atoms with Gasteiger partial charge in [-0.1, -0.05) is 0 Å². The zero-order valence-corrected chi connectivity index (χ0v) is 16.6. The molecular weight excluding hydrogens is 392 g/mol. The number of hydrogen-bond acceptors (Lipinski definition) is 7. The Labute approximate surface area is 172 Å². The molecule has 10 nitrogen and oxygen atoms in total. The van der Waals surface area contributed by atoms with E-state index in [1.165, 1.54) is 11.0 Å². The number of nitrogens with zero attached hydrogens (tertiary/aromatic N) is 3. The average Bonchev–Trinajstić information content (AvgIpc) is 2.74. The number of rotatable bonds is 4. The van der Waals surface area contributed by atoms with Gasteiger partial charge in [0.2, 0.25) is 5.91 Å². The van der Waals surface area contributed by atoms with Crippen LogP contribution < -0.4 is 20.3 Å². The number of carbonyl (C=O) groups is 2. The lowest BCUT2D eigenvalue weighted by atomic mass is 10.1. The number of carbonyl (C=O) groups excluding carboxylic acids is 2. The van der Waals surface area contributed by atoms with Crippen LogP contribution in [0.4, 0.5) is 10.5 Å². The van der Waals surface area contributed by atoms with Crippen molar-refractivity contribution in [2.45, 2.75) is 26.4 Å². The van der Waals surface area contributed by atoms with Gasteiger partial charge < -0.3 is 24.4 Å². The zero-order valence-electron chi connectivity index (χ0n) is 16.6. The van der Waals surface area contributed by atoms with Crippen molar-refractivity contribution in [1.29, 1.82) is 0 Å². The molecule has 1 aromatic heterocycles. The molecule has 2 aromatic rings. The van der Waals surface area contributed by atoms with E-state index in [9.17, 15) is 14.4 Å². The molecule has 0 saturated heterocycles. The average molecular weight is 414 g/mol. The van der Waals surface area contributed by atoms with Gasteiger partial charge in [-0.3, -0.25) is 9.59 Å². The summed E-state index contributed by atoms with van der Waals surface area (Å²) < 4.78 is 17.1. The van der Waals surface area contributed by atoms with Crippen molar-refractivity contribution in [2.24, 2.45) is 0 Å². The standard InChI is InChI=1S/C20H22N4O6/c1-2-28-20(27)23-6-5-15-13(11-23)9-19(26)24(22-15)12-18(25)21-14-3-4-16-17(10-14)30-8-7-29-16/h3-4,9-10H,2,5-8,11-12H2,1H3,(H,21,25). The van der Waals surface area contributed by atoms with E-state index in [1.807, 2.05) is 0 Å². The van der Waals surface area contributed by atoms with Crippen LogP contribution in [0, 0.1) is 0 Å². The summed E-state index contributed by atoms with van der Waals surface area (Å²) in [5.74, 6) is 0.808. The Morgan fingerprint density at radius 3 is 2.80 bits per heavy atom. The van der Waals surface area contributed by atoms with Crippen LogP contribution in [-0.4, -0.2) is 53.0 Å². The second-order valence-electron chi connectivity index (χ2n) is 6.89. The summed E-state index contributed by atoms with van der Waals surface area (Å²) in [7, 11) is 0. The van der Waals surface area contributed by atoms with Gasteiger partial charge in [0.05, 0.1) is 18.8 Å². The van der Waals surface area contributed by atoms with Crippen LogP contribution in [0.2, 0.25) is 0 Å². The molecule has 0 fully saturated rings. The van der Waals surface area contributed by atoms with Crippen LogP contribution in [0.1, 0.15) is 18.2 Å². The maximum Gasteiger partial charge on any atom is 0.410 e. The van der Waals surface area contributed by atoms with Crippen LogP contribution in [0.5, 0.6) is 11.5 Å². The molecule has 0 radical (unpaired) electrons. The van der Waals surface area contributed by atoms with Crippen LogP contribution in [0.15, 0.2) is 29.1 Å². The number of ether oxygens (including phenoxy) is 3. The van der Waals surface area contributed by atoms with Crippen molar-refractivity contribution in [3.8, 4) is 11.5 Å². The van der Waals surface area contributed by atoms with Gasteiger partial charge in [0, 0.05) is 36.3 Å². The van der Waals surface area contributed by atoms with Gasteiger partial charge in [-0.2, -0.15) is 5.10 Å². The van der Waals surface area contributed by atoms with E-state index in [4.69, 9.17) is 14.2 Å². The third-order valence-corrected chi connectivity index (χ3v) is 4.79. The van der Waals surface area contributed by atoms with Crippen molar-refractivity contribution in [3.63, 3.8) is 0 Å². The lowest BCUT2D eigenvalue weighted by molar-refractivity contribution is -0.117. The Balaban J connectivity index is 1.43. The molecule has 2 amide bonds. The summed E-state index contributed by atoms with van der Waals surface area (Å²) in [5.41, 5.74) is 1.50. The van der Waals surface area contributed by atoms with Crippen LogP contribution in [-0.2, 0) is 29.0 Å². The van der Waals surface area contributed by atoms with Gasteiger partial charge >= 0.3 is 6.09 Å². The lowest BCUT2D eigenvalue weighted by Crippen LogP contribution is -2.39. The summed E-state index contributed by atoms with van der Waals surface area (Å²) in [6.07, 6.45) is 0.0733. The van der Waals surface area contributed by atoms with E-state index >= 15 is 0 Å². The van der Waals surface area contributed by atoms with E-state index in [-0.39, 0.29) is 19.0 Å². The SMILES string of the molecule is CCOC(=O)N1CCc2nn(CC(=O)Nc3ccc4c(c3)OCCO4)c(=O)cc2C1. The smallest absolute Gasteiger partial charge is 0.410 e. The number of hydrogen-bond donors (Lipinski definition) is 1. The number of nitrogens with one attached hydrogen (secondary N) is 1. The second-order valence-corrected chi connectivity index (χ2v) is 6.89. The number of anilines is 1. The Morgan fingerprint density at radius 1 is 1.20 bits per heavy atom. The maximum absolute atomic E-state index is 12.4. The third-order valence-electron chi connectivity index (χ3n) is 4.79. The molecule has 0 spiro atoms. The number of aromatic nitrogens is 2. The van der Waals surface area contributed by atoms with Gasteiger partial charge in [0.25, 0.3) is 5.56 Å². The molecule has 4 rings (SSSR count). The highest BCUT2D eigenvalue weighted by Crippen LogP contribution is 2.32. The maximum atomic E-state index is 12.4. The molecule has 1 N–H and O–H groups in total. The predicted octanol–water partition coefficient (Wildman–Crippen LogP) is 1.17. The molecule has 30 heavy (non-hydrogen) atoms. The summed E-state index contributed by atoms with van der Waals surface area (Å²) in [6.45, 7) is 3.46. The first-order chi connectivity index (χ1) is 14.5. The Kier molecular flexibility index (Phi) is 5.55. The summed E-state index contributed by atoms with van der Waals surface area (Å²) >= 11 is 0. The highest BCUT2D eigenvalue weighted by atomic mass is 16.6. The summed E-state index contributed by atoms with van der Waals surface area (Å²) in [6, 6.07) is 6.53. The zero-order chi connectivity index (χ0) is 21.1. The third kappa shape index (κ3) is 4.22. The first kappa shape index (κ1) is 19.7. The molecule has 0 saturated carbocycles. The topological polar surface area (TPSA) is 112 Å². The van der Waals surface area contributed by atoms with Crippen molar-refractivity contribution >= 4 is 17.7 Å². The molecule has 2 aliphatic heterocycles. The largest absolute Gasteiger partial charge is 0.486 e. The van der Waals surface area contributed by atoms with E-state index in [0.29, 0.717) is 61.2 Å². The minimum atomic E-state index is -0.411. The molecule has 0 bridgehead atoms. The van der Waals surface area contributed by atoms with Gasteiger partial charge in [-0.15, -0.1) is 0 Å². The Morgan fingerprint density at radius 2 is 2.00 bits per heavy atom. The highest BCUT2D eigenvalue weighted by Gasteiger charge is 2.24. The van der Waals surface area contributed by atoms with E-state index in [0.717, 1.165) is 4.68 Å². The van der Waals surface area contributed by atoms with Crippen molar-refractivity contribution in [3.05, 3.63) is 45.9 Å². The van der Waals surface area contributed by atoms with E-state index in [2.05, 4.69) is 10.4 Å². The molecule has 1 aromatic carbocycles.